The van der Waals surface area contributed by atoms with Crippen molar-refractivity contribution in [3.05, 3.63) is 18.2 Å². The summed E-state index contributed by atoms with van der Waals surface area (Å²) in [4.78, 5) is 28.9. The van der Waals surface area contributed by atoms with Gasteiger partial charge >= 0.3 is 5.97 Å². The van der Waals surface area contributed by atoms with Crippen LogP contribution in [0, 0.1) is 0 Å². The van der Waals surface area contributed by atoms with Crippen LogP contribution in [0.15, 0.2) is 12.5 Å². The third kappa shape index (κ3) is 1.58. The molecule has 15 heavy (non-hydrogen) atoms. The second-order valence-corrected chi connectivity index (χ2v) is 3.66. The highest BCUT2D eigenvalue weighted by Gasteiger charge is 2.45. The van der Waals surface area contributed by atoms with Gasteiger partial charge < -0.3 is 15.4 Å². The normalized spacial score (nSPS) is 17.9. The van der Waals surface area contributed by atoms with Gasteiger partial charge in [-0.25, -0.2) is 9.78 Å². The molecule has 1 aliphatic rings. The molecule has 1 aromatic rings. The average Bonchev–Trinajstić information content (AvgIpc) is 2.62. The van der Waals surface area contributed by atoms with Crippen LogP contribution in [-0.4, -0.2) is 32.5 Å². The maximum Gasteiger partial charge on any atom is 0.329 e. The highest BCUT2D eigenvalue weighted by Crippen LogP contribution is 2.32. The predicted molar refractivity (Wildman–Crippen MR) is 50.3 cm³/mol. The molecular formula is C9H11N3O3. The van der Waals surface area contributed by atoms with Crippen LogP contribution in [0.3, 0.4) is 0 Å². The summed E-state index contributed by atoms with van der Waals surface area (Å²) in [5.74, 6) is -1.39. The number of amides is 1. The molecule has 0 spiro atoms. The quantitative estimate of drug-likeness (QED) is 0.660. The van der Waals surface area contributed by atoms with E-state index in [-0.39, 0.29) is 5.69 Å². The zero-order chi connectivity index (χ0) is 10.9. The summed E-state index contributed by atoms with van der Waals surface area (Å²) in [5, 5.41) is 11.5. The van der Waals surface area contributed by atoms with E-state index in [1.165, 1.54) is 12.5 Å². The smallest absolute Gasteiger partial charge is 0.329 e. The van der Waals surface area contributed by atoms with Gasteiger partial charge in [-0.05, 0) is 19.3 Å². The summed E-state index contributed by atoms with van der Waals surface area (Å²) in [5.41, 5.74) is -0.787. The Morgan fingerprint density at radius 3 is 2.67 bits per heavy atom. The number of imidazole rings is 1. The first-order chi connectivity index (χ1) is 7.14. The number of aromatic amines is 1. The van der Waals surface area contributed by atoms with Crippen molar-refractivity contribution in [3.63, 3.8) is 0 Å². The minimum absolute atomic E-state index is 0.280. The zero-order valence-electron chi connectivity index (χ0n) is 7.99. The third-order valence-electron chi connectivity index (χ3n) is 2.71. The van der Waals surface area contributed by atoms with Crippen LogP contribution in [0.5, 0.6) is 0 Å². The largest absolute Gasteiger partial charge is 0.480 e. The molecule has 3 N–H and O–H groups in total. The summed E-state index contributed by atoms with van der Waals surface area (Å²) in [6.45, 7) is 0. The van der Waals surface area contributed by atoms with Crippen LogP contribution >= 0.6 is 0 Å². The Kier molecular flexibility index (Phi) is 2.18. The number of nitrogens with zero attached hydrogens (tertiary/aromatic N) is 1. The molecule has 6 heteroatoms. The summed E-state index contributed by atoms with van der Waals surface area (Å²) in [7, 11) is 0. The summed E-state index contributed by atoms with van der Waals surface area (Å²) >= 11 is 0. The van der Waals surface area contributed by atoms with Crippen molar-refractivity contribution >= 4 is 11.9 Å². The number of carbonyl (C=O) groups is 2. The SMILES string of the molecule is O=C(NC1(C(=O)O)CCC1)c1cnc[nH]1. The number of aliphatic carboxylic acids is 1. The van der Waals surface area contributed by atoms with E-state index in [2.05, 4.69) is 15.3 Å². The van der Waals surface area contributed by atoms with Gasteiger partial charge in [0, 0.05) is 0 Å². The Bertz CT molecular complexity index is 381. The lowest BCUT2D eigenvalue weighted by atomic mass is 9.76. The van der Waals surface area contributed by atoms with Crippen molar-refractivity contribution < 1.29 is 14.7 Å². The van der Waals surface area contributed by atoms with E-state index in [9.17, 15) is 9.59 Å². The number of carboxylic acid groups (broad SMARTS) is 1. The van der Waals surface area contributed by atoms with Crippen LogP contribution in [0.2, 0.25) is 0 Å². The number of carboxylic acids is 1. The molecule has 0 aliphatic heterocycles. The number of nitrogens with one attached hydrogen (secondary N) is 2. The lowest BCUT2D eigenvalue weighted by Gasteiger charge is -2.37. The van der Waals surface area contributed by atoms with Crippen molar-refractivity contribution in [2.75, 3.05) is 0 Å². The molecule has 0 aromatic carbocycles. The van der Waals surface area contributed by atoms with E-state index in [4.69, 9.17) is 5.11 Å². The molecule has 1 amide bonds. The molecule has 1 heterocycles. The Labute approximate surface area is 85.7 Å². The van der Waals surface area contributed by atoms with E-state index >= 15 is 0 Å². The number of rotatable bonds is 3. The molecule has 1 aliphatic carbocycles. The Hall–Kier alpha value is -1.85. The molecule has 2 rings (SSSR count). The van der Waals surface area contributed by atoms with E-state index in [0.717, 1.165) is 6.42 Å². The molecule has 1 fully saturated rings. The van der Waals surface area contributed by atoms with Crippen LogP contribution in [0.25, 0.3) is 0 Å². The van der Waals surface area contributed by atoms with E-state index in [1.54, 1.807) is 0 Å². The summed E-state index contributed by atoms with van der Waals surface area (Å²) in [6.07, 6.45) is 4.55. The Morgan fingerprint density at radius 1 is 1.53 bits per heavy atom. The van der Waals surface area contributed by atoms with E-state index in [1.807, 2.05) is 0 Å². The number of hydrogen-bond donors (Lipinski definition) is 3. The first-order valence-electron chi connectivity index (χ1n) is 4.68. The summed E-state index contributed by atoms with van der Waals surface area (Å²) in [6, 6.07) is 0. The maximum absolute atomic E-state index is 11.6. The molecule has 80 valence electrons. The predicted octanol–water partition coefficient (Wildman–Crippen LogP) is 0.147. The second kappa shape index (κ2) is 3.38. The van der Waals surface area contributed by atoms with E-state index in [0.29, 0.717) is 12.8 Å². The zero-order valence-corrected chi connectivity index (χ0v) is 7.99. The lowest BCUT2D eigenvalue weighted by molar-refractivity contribution is -0.148. The number of aromatic nitrogens is 2. The van der Waals surface area contributed by atoms with Gasteiger partial charge in [0.05, 0.1) is 12.5 Å². The minimum atomic E-state index is -1.07. The van der Waals surface area contributed by atoms with Gasteiger partial charge in [0.15, 0.2) is 0 Å². The van der Waals surface area contributed by atoms with Gasteiger partial charge in [0.25, 0.3) is 5.91 Å². The van der Waals surface area contributed by atoms with Crippen LogP contribution in [0.4, 0.5) is 0 Å². The van der Waals surface area contributed by atoms with Gasteiger partial charge in [-0.1, -0.05) is 0 Å². The molecular weight excluding hydrogens is 198 g/mol. The molecule has 0 saturated heterocycles. The van der Waals surface area contributed by atoms with Crippen molar-refractivity contribution in [2.45, 2.75) is 24.8 Å². The Balaban J connectivity index is 2.08. The van der Waals surface area contributed by atoms with Gasteiger partial charge in [0.1, 0.15) is 11.2 Å². The third-order valence-corrected chi connectivity index (χ3v) is 2.71. The lowest BCUT2D eigenvalue weighted by Crippen LogP contribution is -2.59. The topological polar surface area (TPSA) is 95.1 Å². The second-order valence-electron chi connectivity index (χ2n) is 3.66. The standard InChI is InChI=1S/C9H11N3O3/c13-7(6-4-10-5-11-6)12-9(8(14)15)2-1-3-9/h4-5H,1-3H2,(H,10,11)(H,12,13)(H,14,15). The van der Waals surface area contributed by atoms with Crippen LogP contribution in [-0.2, 0) is 4.79 Å². The van der Waals surface area contributed by atoms with Crippen LogP contribution < -0.4 is 5.32 Å². The molecule has 1 aromatic heterocycles. The molecule has 1 saturated carbocycles. The number of carbonyl (C=O) groups excluding carboxylic acids is 1. The van der Waals surface area contributed by atoms with Crippen molar-refractivity contribution in [1.29, 1.82) is 0 Å². The average molecular weight is 209 g/mol. The monoisotopic (exact) mass is 209 g/mol. The summed E-state index contributed by atoms with van der Waals surface area (Å²) < 4.78 is 0. The molecule has 0 radical (unpaired) electrons. The molecule has 6 nitrogen and oxygen atoms in total. The fourth-order valence-corrected chi connectivity index (χ4v) is 1.59. The molecule has 0 atom stereocenters. The minimum Gasteiger partial charge on any atom is -0.480 e. The highest BCUT2D eigenvalue weighted by molar-refractivity contribution is 5.96. The van der Waals surface area contributed by atoms with Gasteiger partial charge in [0.2, 0.25) is 0 Å². The van der Waals surface area contributed by atoms with Gasteiger partial charge in [-0.15, -0.1) is 0 Å². The van der Waals surface area contributed by atoms with Gasteiger partial charge in [-0.2, -0.15) is 0 Å². The first-order valence-corrected chi connectivity index (χ1v) is 4.68. The van der Waals surface area contributed by atoms with Gasteiger partial charge in [-0.3, -0.25) is 4.79 Å². The first kappa shape index (κ1) is 9.70. The van der Waals surface area contributed by atoms with Crippen molar-refractivity contribution in [2.24, 2.45) is 0 Å². The number of H-pyrrole nitrogens is 1. The number of hydrogen-bond acceptors (Lipinski definition) is 3. The van der Waals surface area contributed by atoms with Crippen molar-refractivity contribution in [3.8, 4) is 0 Å². The molecule has 0 bridgehead atoms. The van der Waals surface area contributed by atoms with Crippen molar-refractivity contribution in [1.82, 2.24) is 15.3 Å². The molecule has 0 unspecified atom stereocenters. The highest BCUT2D eigenvalue weighted by atomic mass is 16.4. The van der Waals surface area contributed by atoms with Crippen LogP contribution in [0.1, 0.15) is 29.8 Å². The fraction of sp³-hybridized carbons (Fsp3) is 0.444. The van der Waals surface area contributed by atoms with E-state index < -0.39 is 17.4 Å². The Morgan fingerprint density at radius 2 is 2.27 bits per heavy atom. The maximum atomic E-state index is 11.6. The fourth-order valence-electron chi connectivity index (χ4n) is 1.59.